The van der Waals surface area contributed by atoms with Crippen molar-refractivity contribution in [2.75, 3.05) is 38.0 Å². The summed E-state index contributed by atoms with van der Waals surface area (Å²) < 4.78 is 0. The first-order valence-electron chi connectivity index (χ1n) is 11.1. The van der Waals surface area contributed by atoms with Crippen LogP contribution in [-0.2, 0) is 24.1 Å². The summed E-state index contributed by atoms with van der Waals surface area (Å²) in [5.74, 6) is 0.173. The number of nitrogens with zero attached hydrogens (tertiary/aromatic N) is 2. The fourth-order valence-electron chi connectivity index (χ4n) is 4.38. The molecule has 2 heterocycles. The quantitative estimate of drug-likeness (QED) is 0.738. The number of para-hydroxylation sites is 1. The number of rotatable bonds is 5. The van der Waals surface area contributed by atoms with E-state index in [9.17, 15) is 9.59 Å². The Kier molecular flexibility index (Phi) is 6.85. The summed E-state index contributed by atoms with van der Waals surface area (Å²) in [5, 5.41) is 3.04. The number of anilines is 1. The molecule has 0 bridgehead atoms. The first-order chi connectivity index (χ1) is 14.6. The number of nitrogens with one attached hydrogen (secondary N) is 1. The molecule has 1 aliphatic heterocycles. The molecule has 1 aromatic carbocycles. The Morgan fingerprint density at radius 1 is 1.03 bits per heavy atom. The molecular formula is C24H31N3O2S. The Morgan fingerprint density at radius 2 is 1.80 bits per heavy atom. The lowest BCUT2D eigenvalue weighted by atomic mass is 10.1. The standard InChI is InChI=1S/C24H31N3O2S/c1-2-18-8-6-7-10-20(18)25-23(28)17-26-12-14-27(15-13-26)24(29)22-16-19-9-4-3-5-11-21(19)30-22/h6-8,10,16H,2-5,9,11-15,17H2,1H3,(H,25,28). The van der Waals surface area contributed by atoms with Gasteiger partial charge >= 0.3 is 0 Å². The van der Waals surface area contributed by atoms with Crippen molar-refractivity contribution in [1.29, 1.82) is 0 Å². The summed E-state index contributed by atoms with van der Waals surface area (Å²) in [7, 11) is 0. The van der Waals surface area contributed by atoms with Crippen molar-refractivity contribution in [2.24, 2.45) is 0 Å². The predicted molar refractivity (Wildman–Crippen MR) is 122 cm³/mol. The highest BCUT2D eigenvalue weighted by atomic mass is 32.1. The van der Waals surface area contributed by atoms with Crippen LogP contribution in [0.3, 0.4) is 0 Å². The first kappa shape index (κ1) is 21.1. The number of amides is 2. The average molecular weight is 426 g/mol. The molecule has 0 saturated carbocycles. The maximum absolute atomic E-state index is 13.0. The van der Waals surface area contributed by atoms with E-state index in [0.29, 0.717) is 19.6 Å². The van der Waals surface area contributed by atoms with Crippen molar-refractivity contribution >= 4 is 28.8 Å². The Morgan fingerprint density at radius 3 is 2.60 bits per heavy atom. The van der Waals surface area contributed by atoms with Crippen LogP contribution in [0.1, 0.15) is 51.9 Å². The Labute approximate surface area is 183 Å². The third-order valence-electron chi connectivity index (χ3n) is 6.16. The highest BCUT2D eigenvalue weighted by Gasteiger charge is 2.25. The highest BCUT2D eigenvalue weighted by molar-refractivity contribution is 7.14. The Balaban J connectivity index is 1.28. The van der Waals surface area contributed by atoms with E-state index in [0.717, 1.165) is 48.5 Å². The van der Waals surface area contributed by atoms with E-state index in [4.69, 9.17) is 0 Å². The van der Waals surface area contributed by atoms with Crippen LogP contribution in [0.4, 0.5) is 5.69 Å². The lowest BCUT2D eigenvalue weighted by molar-refractivity contribution is -0.117. The van der Waals surface area contributed by atoms with E-state index < -0.39 is 0 Å². The van der Waals surface area contributed by atoms with E-state index in [1.165, 1.54) is 29.7 Å². The first-order valence-corrected chi connectivity index (χ1v) is 12.0. The fraction of sp³-hybridized carbons (Fsp3) is 0.500. The van der Waals surface area contributed by atoms with E-state index in [-0.39, 0.29) is 11.8 Å². The minimum atomic E-state index is 0.0117. The minimum Gasteiger partial charge on any atom is -0.335 e. The smallest absolute Gasteiger partial charge is 0.264 e. The number of piperazine rings is 1. The van der Waals surface area contributed by atoms with E-state index >= 15 is 0 Å². The number of hydrogen-bond acceptors (Lipinski definition) is 4. The van der Waals surface area contributed by atoms with Gasteiger partial charge < -0.3 is 10.2 Å². The summed E-state index contributed by atoms with van der Waals surface area (Å²) in [5.41, 5.74) is 3.44. The molecule has 1 aromatic heterocycles. The second-order valence-electron chi connectivity index (χ2n) is 8.25. The molecule has 30 heavy (non-hydrogen) atoms. The fourth-order valence-corrected chi connectivity index (χ4v) is 5.60. The number of fused-ring (bicyclic) bond motifs is 1. The molecule has 0 radical (unpaired) electrons. The van der Waals surface area contributed by atoms with Gasteiger partial charge in [0.2, 0.25) is 5.91 Å². The van der Waals surface area contributed by atoms with Gasteiger partial charge in [-0.25, -0.2) is 0 Å². The molecule has 0 atom stereocenters. The van der Waals surface area contributed by atoms with Crippen LogP contribution >= 0.6 is 11.3 Å². The monoisotopic (exact) mass is 425 g/mol. The molecular weight excluding hydrogens is 394 g/mol. The van der Waals surface area contributed by atoms with Crippen LogP contribution in [0.15, 0.2) is 30.3 Å². The van der Waals surface area contributed by atoms with Crippen LogP contribution in [0.2, 0.25) is 0 Å². The maximum Gasteiger partial charge on any atom is 0.264 e. The van der Waals surface area contributed by atoms with Gasteiger partial charge in [-0.1, -0.05) is 31.5 Å². The van der Waals surface area contributed by atoms with Gasteiger partial charge in [0.25, 0.3) is 5.91 Å². The molecule has 2 aromatic rings. The highest BCUT2D eigenvalue weighted by Crippen LogP contribution is 2.30. The zero-order valence-corrected chi connectivity index (χ0v) is 18.6. The van der Waals surface area contributed by atoms with Gasteiger partial charge in [-0.05, 0) is 55.4 Å². The van der Waals surface area contributed by atoms with Gasteiger partial charge in [0.1, 0.15) is 0 Å². The summed E-state index contributed by atoms with van der Waals surface area (Å²) in [6.45, 7) is 5.29. The van der Waals surface area contributed by atoms with Gasteiger partial charge in [0.05, 0.1) is 11.4 Å². The van der Waals surface area contributed by atoms with Gasteiger partial charge in [0.15, 0.2) is 0 Å². The number of benzene rings is 1. The van der Waals surface area contributed by atoms with Gasteiger partial charge in [-0.15, -0.1) is 11.3 Å². The number of thiophene rings is 1. The number of hydrogen-bond donors (Lipinski definition) is 1. The lowest BCUT2D eigenvalue weighted by Gasteiger charge is -2.34. The zero-order valence-electron chi connectivity index (χ0n) is 17.8. The van der Waals surface area contributed by atoms with Gasteiger partial charge in [-0.3, -0.25) is 14.5 Å². The molecule has 2 aliphatic rings. The van der Waals surface area contributed by atoms with Crippen LogP contribution in [0.5, 0.6) is 0 Å². The summed E-state index contributed by atoms with van der Waals surface area (Å²) in [4.78, 5) is 31.9. The van der Waals surface area contributed by atoms with Crippen molar-refractivity contribution < 1.29 is 9.59 Å². The zero-order chi connectivity index (χ0) is 20.9. The van der Waals surface area contributed by atoms with E-state index in [2.05, 4.69) is 23.2 Å². The van der Waals surface area contributed by atoms with E-state index in [1.54, 1.807) is 11.3 Å². The Hall–Kier alpha value is -2.18. The molecule has 1 saturated heterocycles. The molecule has 1 fully saturated rings. The summed E-state index contributed by atoms with van der Waals surface area (Å²) in [6.07, 6.45) is 6.90. The van der Waals surface area contributed by atoms with Crippen LogP contribution in [0.25, 0.3) is 0 Å². The third-order valence-corrected chi connectivity index (χ3v) is 7.38. The maximum atomic E-state index is 13.0. The van der Waals surface area contributed by atoms with Crippen molar-refractivity contribution in [3.8, 4) is 0 Å². The summed E-state index contributed by atoms with van der Waals surface area (Å²) >= 11 is 1.70. The molecule has 160 valence electrons. The molecule has 5 nitrogen and oxygen atoms in total. The van der Waals surface area contributed by atoms with Crippen molar-refractivity contribution in [1.82, 2.24) is 9.80 Å². The van der Waals surface area contributed by atoms with Crippen LogP contribution in [-0.4, -0.2) is 54.3 Å². The Bertz CT molecular complexity index is 876. The van der Waals surface area contributed by atoms with Crippen LogP contribution in [0, 0.1) is 0 Å². The van der Waals surface area contributed by atoms with Crippen LogP contribution < -0.4 is 5.32 Å². The largest absolute Gasteiger partial charge is 0.335 e. The van der Waals surface area contributed by atoms with Gasteiger partial charge in [0, 0.05) is 36.7 Å². The van der Waals surface area contributed by atoms with Gasteiger partial charge in [-0.2, -0.15) is 0 Å². The molecule has 4 rings (SSSR count). The molecule has 1 N–H and O–H groups in total. The van der Waals surface area contributed by atoms with Crippen molar-refractivity contribution in [3.63, 3.8) is 0 Å². The predicted octanol–water partition coefficient (Wildman–Crippen LogP) is 3.98. The molecule has 1 aliphatic carbocycles. The SMILES string of the molecule is CCc1ccccc1NC(=O)CN1CCN(C(=O)c2cc3c(s2)CCCCC3)CC1. The molecule has 6 heteroatoms. The second-order valence-corrected chi connectivity index (χ2v) is 9.38. The number of carbonyl (C=O) groups excluding carboxylic acids is 2. The lowest BCUT2D eigenvalue weighted by Crippen LogP contribution is -2.50. The summed E-state index contributed by atoms with van der Waals surface area (Å²) in [6, 6.07) is 10.1. The van der Waals surface area contributed by atoms with Crippen molar-refractivity contribution in [3.05, 3.63) is 51.2 Å². The average Bonchev–Trinajstić information content (AvgIpc) is 3.04. The molecule has 0 unspecified atom stereocenters. The minimum absolute atomic E-state index is 0.0117. The van der Waals surface area contributed by atoms with E-state index in [1.807, 2.05) is 29.2 Å². The topological polar surface area (TPSA) is 52.7 Å². The number of carbonyl (C=O) groups is 2. The third kappa shape index (κ3) is 4.93. The molecule has 0 spiro atoms. The second kappa shape index (κ2) is 9.75. The van der Waals surface area contributed by atoms with Crippen molar-refractivity contribution in [2.45, 2.75) is 45.4 Å². The molecule has 2 amide bonds. The normalized spacial score (nSPS) is 17.3. The number of aryl methyl sites for hydroxylation is 3.